The molecule has 0 bridgehead atoms. The van der Waals surface area contributed by atoms with E-state index in [0.717, 1.165) is 0 Å². The maximum atomic E-state index is 11.4. The van der Waals surface area contributed by atoms with Crippen molar-refractivity contribution in [2.75, 3.05) is 7.11 Å². The van der Waals surface area contributed by atoms with Gasteiger partial charge in [0.15, 0.2) is 0 Å². The van der Waals surface area contributed by atoms with Crippen LogP contribution in [0.3, 0.4) is 0 Å². The van der Waals surface area contributed by atoms with Gasteiger partial charge in [-0.25, -0.2) is 0 Å². The molecule has 1 saturated heterocycles. The molecule has 1 rings (SSSR count). The zero-order valence-electron chi connectivity index (χ0n) is 9.09. The van der Waals surface area contributed by atoms with Gasteiger partial charge in [0.25, 0.3) is 0 Å². The van der Waals surface area contributed by atoms with Gasteiger partial charge in [0, 0.05) is 6.04 Å². The van der Waals surface area contributed by atoms with Crippen LogP contribution in [0, 0.1) is 11.3 Å². The number of nitrogens with one attached hydrogen (secondary N) is 1. The number of rotatable bonds is 1. The Balaban J connectivity index is 2.70. The molecule has 1 heterocycles. The second-order valence-electron chi connectivity index (χ2n) is 4.74. The lowest BCUT2D eigenvalue weighted by molar-refractivity contribution is -0.148. The first kappa shape index (κ1) is 11.0. The van der Waals surface area contributed by atoms with Gasteiger partial charge in [0.1, 0.15) is 5.92 Å². The minimum atomic E-state index is -0.621. The van der Waals surface area contributed by atoms with Crippen LogP contribution in [0.4, 0.5) is 0 Å². The fourth-order valence-electron chi connectivity index (χ4n) is 1.59. The van der Waals surface area contributed by atoms with Crippen LogP contribution in [-0.2, 0) is 14.3 Å². The van der Waals surface area contributed by atoms with E-state index in [1.807, 2.05) is 20.8 Å². The first-order valence-corrected chi connectivity index (χ1v) is 4.74. The summed E-state index contributed by atoms with van der Waals surface area (Å²) in [5, 5.41) is 2.82. The highest BCUT2D eigenvalue weighted by Crippen LogP contribution is 2.29. The summed E-state index contributed by atoms with van der Waals surface area (Å²) in [6.45, 7) is 6.12. The molecule has 1 amide bonds. The lowest BCUT2D eigenvalue weighted by Gasteiger charge is -2.26. The molecule has 0 spiro atoms. The van der Waals surface area contributed by atoms with E-state index in [9.17, 15) is 9.59 Å². The van der Waals surface area contributed by atoms with E-state index in [1.165, 1.54) is 7.11 Å². The molecule has 0 radical (unpaired) electrons. The molecule has 14 heavy (non-hydrogen) atoms. The van der Waals surface area contributed by atoms with Crippen molar-refractivity contribution in [3.8, 4) is 0 Å². The fourth-order valence-corrected chi connectivity index (χ4v) is 1.59. The second-order valence-corrected chi connectivity index (χ2v) is 4.74. The molecule has 2 unspecified atom stereocenters. The second kappa shape index (κ2) is 3.59. The van der Waals surface area contributed by atoms with Crippen molar-refractivity contribution >= 4 is 11.9 Å². The minimum absolute atomic E-state index is 0.0154. The van der Waals surface area contributed by atoms with Crippen LogP contribution in [0.25, 0.3) is 0 Å². The summed E-state index contributed by atoms with van der Waals surface area (Å²) < 4.78 is 4.57. The quantitative estimate of drug-likeness (QED) is 0.500. The summed E-state index contributed by atoms with van der Waals surface area (Å²) in [6.07, 6.45) is 0.537. The molecule has 1 N–H and O–H groups in total. The van der Waals surface area contributed by atoms with Gasteiger partial charge < -0.3 is 10.1 Å². The molecular formula is C10H17NO3. The topological polar surface area (TPSA) is 55.4 Å². The van der Waals surface area contributed by atoms with E-state index in [2.05, 4.69) is 10.1 Å². The fraction of sp³-hybridized carbons (Fsp3) is 0.800. The van der Waals surface area contributed by atoms with E-state index in [0.29, 0.717) is 6.42 Å². The number of carbonyl (C=O) groups is 2. The average molecular weight is 199 g/mol. The molecule has 80 valence electrons. The molecule has 1 aliphatic rings. The van der Waals surface area contributed by atoms with E-state index >= 15 is 0 Å². The van der Waals surface area contributed by atoms with Crippen LogP contribution in [0.5, 0.6) is 0 Å². The van der Waals surface area contributed by atoms with Crippen LogP contribution in [0.15, 0.2) is 0 Å². The summed E-state index contributed by atoms with van der Waals surface area (Å²) in [6, 6.07) is 0.0547. The molecule has 0 aromatic rings. The third-order valence-corrected chi connectivity index (χ3v) is 2.64. The highest BCUT2D eigenvalue weighted by atomic mass is 16.5. The first-order valence-electron chi connectivity index (χ1n) is 4.74. The third-order valence-electron chi connectivity index (χ3n) is 2.64. The van der Waals surface area contributed by atoms with Crippen molar-refractivity contribution in [1.29, 1.82) is 0 Å². The van der Waals surface area contributed by atoms with Crippen molar-refractivity contribution in [1.82, 2.24) is 5.32 Å². The number of hydrogen-bond donors (Lipinski definition) is 1. The van der Waals surface area contributed by atoms with Crippen LogP contribution >= 0.6 is 0 Å². The van der Waals surface area contributed by atoms with Crippen molar-refractivity contribution in [2.24, 2.45) is 11.3 Å². The predicted molar refractivity (Wildman–Crippen MR) is 51.5 cm³/mol. The molecule has 0 aromatic heterocycles. The van der Waals surface area contributed by atoms with Gasteiger partial charge in [-0.1, -0.05) is 20.8 Å². The van der Waals surface area contributed by atoms with Gasteiger partial charge in [0.2, 0.25) is 5.91 Å². The Morgan fingerprint density at radius 2 is 2.07 bits per heavy atom. The molecule has 0 aliphatic carbocycles. The molecule has 1 aliphatic heterocycles. The Kier molecular flexibility index (Phi) is 2.83. The lowest BCUT2D eigenvalue weighted by atomic mass is 9.84. The van der Waals surface area contributed by atoms with Crippen LogP contribution < -0.4 is 5.32 Å². The van der Waals surface area contributed by atoms with E-state index in [1.54, 1.807) is 0 Å². The highest BCUT2D eigenvalue weighted by molar-refractivity contribution is 5.99. The van der Waals surface area contributed by atoms with Crippen molar-refractivity contribution in [3.05, 3.63) is 0 Å². The maximum absolute atomic E-state index is 11.4. The monoisotopic (exact) mass is 199 g/mol. The molecule has 0 aromatic carbocycles. The minimum Gasteiger partial charge on any atom is -0.468 e. The number of methoxy groups -OCH3 is 1. The van der Waals surface area contributed by atoms with Crippen LogP contribution in [0.1, 0.15) is 27.2 Å². The van der Waals surface area contributed by atoms with Gasteiger partial charge in [-0.05, 0) is 11.8 Å². The Bertz CT molecular complexity index is 255. The Morgan fingerprint density at radius 1 is 1.50 bits per heavy atom. The third kappa shape index (κ3) is 2.05. The van der Waals surface area contributed by atoms with Gasteiger partial charge in [-0.2, -0.15) is 0 Å². The Labute approximate surface area is 84.0 Å². The standard InChI is InChI=1S/C10H17NO3/c1-10(2,3)7-5-6(8(12)11-7)9(13)14-4/h6-7H,5H2,1-4H3,(H,11,12). The maximum Gasteiger partial charge on any atom is 0.318 e. The van der Waals surface area contributed by atoms with Crippen molar-refractivity contribution < 1.29 is 14.3 Å². The highest BCUT2D eigenvalue weighted by Gasteiger charge is 2.42. The lowest BCUT2D eigenvalue weighted by Crippen LogP contribution is -2.37. The summed E-state index contributed by atoms with van der Waals surface area (Å²) in [4.78, 5) is 22.6. The van der Waals surface area contributed by atoms with E-state index in [4.69, 9.17) is 0 Å². The van der Waals surface area contributed by atoms with Crippen molar-refractivity contribution in [2.45, 2.75) is 33.2 Å². The zero-order chi connectivity index (χ0) is 10.9. The Morgan fingerprint density at radius 3 is 2.43 bits per heavy atom. The number of esters is 1. The summed E-state index contributed by atoms with van der Waals surface area (Å²) in [5.74, 6) is -1.27. The molecule has 2 atom stereocenters. The predicted octanol–water partition coefficient (Wildman–Crippen LogP) is 0.710. The molecule has 0 saturated carbocycles. The largest absolute Gasteiger partial charge is 0.468 e. The van der Waals surface area contributed by atoms with Gasteiger partial charge >= 0.3 is 5.97 Å². The number of carbonyl (C=O) groups excluding carboxylic acids is 2. The molecular weight excluding hydrogens is 182 g/mol. The summed E-state index contributed by atoms with van der Waals surface area (Å²) >= 11 is 0. The first-order chi connectivity index (χ1) is 6.36. The van der Waals surface area contributed by atoms with E-state index < -0.39 is 11.9 Å². The van der Waals surface area contributed by atoms with Crippen LogP contribution in [-0.4, -0.2) is 25.0 Å². The molecule has 4 nitrogen and oxygen atoms in total. The van der Waals surface area contributed by atoms with E-state index in [-0.39, 0.29) is 17.4 Å². The van der Waals surface area contributed by atoms with Gasteiger partial charge in [-0.15, -0.1) is 0 Å². The smallest absolute Gasteiger partial charge is 0.318 e. The summed E-state index contributed by atoms with van der Waals surface area (Å²) in [5.41, 5.74) is -0.0154. The van der Waals surface area contributed by atoms with Gasteiger partial charge in [0.05, 0.1) is 7.11 Å². The normalized spacial score (nSPS) is 27.3. The average Bonchev–Trinajstić information content (AvgIpc) is 2.45. The Hall–Kier alpha value is -1.06. The zero-order valence-corrected chi connectivity index (χ0v) is 9.09. The van der Waals surface area contributed by atoms with Gasteiger partial charge in [-0.3, -0.25) is 9.59 Å². The molecule has 4 heteroatoms. The summed E-state index contributed by atoms with van der Waals surface area (Å²) in [7, 11) is 1.31. The number of hydrogen-bond acceptors (Lipinski definition) is 3. The van der Waals surface area contributed by atoms with Crippen molar-refractivity contribution in [3.63, 3.8) is 0 Å². The number of ether oxygens (including phenoxy) is 1. The SMILES string of the molecule is COC(=O)C1CC(C(C)(C)C)NC1=O. The number of amides is 1. The molecule has 1 fully saturated rings. The van der Waals surface area contributed by atoms with Crippen LogP contribution in [0.2, 0.25) is 0 Å².